The lowest BCUT2D eigenvalue weighted by molar-refractivity contribution is -0.144. The largest absolute Gasteiger partial charge is 0.361 e. The summed E-state index contributed by atoms with van der Waals surface area (Å²) in [6, 6.07) is 29.1. The first-order chi connectivity index (χ1) is 22.0. The van der Waals surface area contributed by atoms with Crippen LogP contribution >= 0.6 is 0 Å². The summed E-state index contributed by atoms with van der Waals surface area (Å²) in [7, 11) is 0. The summed E-state index contributed by atoms with van der Waals surface area (Å²) in [5.74, 6) is 0.301. The van der Waals surface area contributed by atoms with Crippen LogP contribution in [-0.2, 0) is 35.5 Å². The Morgan fingerprint density at radius 2 is 1.67 bits per heavy atom. The number of hydrogen-bond donors (Lipinski definition) is 0. The predicted molar refractivity (Wildman–Crippen MR) is 173 cm³/mol. The molecule has 3 aromatic carbocycles. The summed E-state index contributed by atoms with van der Waals surface area (Å²) in [5, 5.41) is 12.2. The molecule has 0 aliphatic carbocycles. The van der Waals surface area contributed by atoms with Gasteiger partial charge in [0.25, 0.3) is 0 Å². The molecule has 3 heterocycles. The minimum Gasteiger partial charge on any atom is -0.361 e. The summed E-state index contributed by atoms with van der Waals surface area (Å²) in [5.41, 5.74) is 7.44. The van der Waals surface area contributed by atoms with E-state index in [4.69, 9.17) is 4.52 Å². The molecule has 1 aliphatic heterocycles. The maximum Gasteiger partial charge on any atom is 0.247 e. The second kappa shape index (κ2) is 13.5. The lowest BCUT2D eigenvalue weighted by atomic mass is 9.97. The van der Waals surface area contributed by atoms with Gasteiger partial charge in [0, 0.05) is 49.5 Å². The van der Waals surface area contributed by atoms with E-state index in [0.717, 1.165) is 39.9 Å². The summed E-state index contributed by atoms with van der Waals surface area (Å²) in [4.78, 5) is 32.3. The first-order valence-electron chi connectivity index (χ1n) is 15.1. The van der Waals surface area contributed by atoms with Crippen LogP contribution in [-0.4, -0.2) is 49.6 Å². The lowest BCUT2D eigenvalue weighted by Crippen LogP contribution is -2.52. The molecular formula is C37H35N5O3. The molecule has 0 saturated heterocycles. The molecule has 2 aromatic heterocycles. The number of aromatic nitrogens is 3. The zero-order chi connectivity index (χ0) is 31.2. The average Bonchev–Trinajstić information content (AvgIpc) is 3.41. The Hall–Kier alpha value is -5.37. The van der Waals surface area contributed by atoms with Crippen molar-refractivity contribution in [2.75, 3.05) is 6.54 Å². The third kappa shape index (κ3) is 6.91. The smallest absolute Gasteiger partial charge is 0.247 e. The zero-order valence-electron chi connectivity index (χ0n) is 25.5. The van der Waals surface area contributed by atoms with Crippen molar-refractivity contribution in [1.29, 1.82) is 0 Å². The number of fused-ring (bicyclic) bond motifs is 1. The highest BCUT2D eigenvalue weighted by molar-refractivity contribution is 5.96. The van der Waals surface area contributed by atoms with Gasteiger partial charge in [-0.15, -0.1) is 0 Å². The van der Waals surface area contributed by atoms with Gasteiger partial charge in [-0.2, -0.15) is 10.2 Å². The van der Waals surface area contributed by atoms with Crippen LogP contribution in [0, 0.1) is 13.8 Å². The van der Waals surface area contributed by atoms with E-state index in [9.17, 15) is 9.59 Å². The molecule has 8 nitrogen and oxygen atoms in total. The molecule has 0 N–H and O–H groups in total. The average molecular weight is 598 g/mol. The first kappa shape index (κ1) is 29.7. The maximum atomic E-state index is 14.5. The molecular weight excluding hydrogens is 562 g/mol. The van der Waals surface area contributed by atoms with Crippen LogP contribution in [0.5, 0.6) is 0 Å². The topological polar surface area (TPSA) is 92.4 Å². The van der Waals surface area contributed by atoms with Crippen molar-refractivity contribution in [2.24, 2.45) is 0 Å². The number of nitrogens with zero attached hydrogens (tertiary/aromatic N) is 5. The second-order valence-electron chi connectivity index (χ2n) is 11.3. The molecule has 0 bridgehead atoms. The van der Waals surface area contributed by atoms with E-state index in [-0.39, 0.29) is 18.4 Å². The quantitative estimate of drug-likeness (QED) is 0.194. The minimum absolute atomic E-state index is 0.0661. The van der Waals surface area contributed by atoms with Crippen molar-refractivity contribution in [1.82, 2.24) is 25.2 Å². The predicted octanol–water partition coefficient (Wildman–Crippen LogP) is 5.99. The van der Waals surface area contributed by atoms with Crippen LogP contribution in [0.3, 0.4) is 0 Å². The van der Waals surface area contributed by atoms with E-state index in [0.29, 0.717) is 31.0 Å². The molecule has 2 amide bonds. The van der Waals surface area contributed by atoms with Crippen molar-refractivity contribution in [2.45, 2.75) is 45.8 Å². The fourth-order valence-electron chi connectivity index (χ4n) is 5.82. The van der Waals surface area contributed by atoms with Crippen LogP contribution < -0.4 is 0 Å². The number of benzene rings is 3. The van der Waals surface area contributed by atoms with Gasteiger partial charge in [-0.1, -0.05) is 84.0 Å². The summed E-state index contributed by atoms with van der Waals surface area (Å²) < 4.78 is 5.31. The number of carbonyl (C=O) groups is 2. The van der Waals surface area contributed by atoms with Crippen molar-refractivity contribution in [3.05, 3.63) is 143 Å². The Morgan fingerprint density at radius 3 is 2.38 bits per heavy atom. The maximum absolute atomic E-state index is 14.5. The molecule has 5 aromatic rings. The number of carbonyl (C=O) groups excluding carboxylic acids is 2. The molecule has 1 atom stereocenters. The van der Waals surface area contributed by atoms with E-state index in [1.54, 1.807) is 17.2 Å². The van der Waals surface area contributed by atoms with Gasteiger partial charge < -0.3 is 14.3 Å². The molecule has 0 radical (unpaired) electrons. The van der Waals surface area contributed by atoms with Gasteiger partial charge in [-0.3, -0.25) is 9.59 Å². The highest BCUT2D eigenvalue weighted by Gasteiger charge is 2.34. The molecule has 1 unspecified atom stereocenters. The third-order valence-corrected chi connectivity index (χ3v) is 8.31. The Balaban J connectivity index is 1.35. The summed E-state index contributed by atoms with van der Waals surface area (Å²) >= 11 is 0. The SMILES string of the molecule is Cc1noc(C)c1C=CC(=O)N(Cc1ccc(-c2cccnn2)cc1)C(Cc1ccccc1)C(=O)N1CCc2ccccc2C1. The standard InChI is InChI=1S/C37H35N5O3/c1-26-33(27(2)45-40-26)18-19-36(43)42(24-29-14-16-31(17-15-29)34-13-8-21-38-39-34)35(23-28-9-4-3-5-10-28)37(44)41-22-20-30-11-6-7-12-32(30)25-41/h3-19,21,35H,20,22-25H2,1-2H3. The van der Waals surface area contributed by atoms with E-state index in [2.05, 4.69) is 27.5 Å². The van der Waals surface area contributed by atoms with Gasteiger partial charge in [0.15, 0.2) is 0 Å². The Morgan fingerprint density at radius 1 is 0.911 bits per heavy atom. The lowest BCUT2D eigenvalue weighted by Gasteiger charge is -2.37. The highest BCUT2D eigenvalue weighted by Crippen LogP contribution is 2.24. The monoisotopic (exact) mass is 597 g/mol. The molecule has 6 rings (SSSR count). The second-order valence-corrected chi connectivity index (χ2v) is 11.3. The van der Waals surface area contributed by atoms with Crippen molar-refractivity contribution in [3.8, 4) is 11.3 Å². The van der Waals surface area contributed by atoms with Gasteiger partial charge in [0.2, 0.25) is 11.8 Å². The van der Waals surface area contributed by atoms with Gasteiger partial charge in [0.1, 0.15) is 11.8 Å². The van der Waals surface area contributed by atoms with Crippen LogP contribution in [0.25, 0.3) is 17.3 Å². The number of amides is 2. The van der Waals surface area contributed by atoms with E-state index < -0.39 is 6.04 Å². The Kier molecular flexibility index (Phi) is 8.91. The van der Waals surface area contributed by atoms with Crippen LogP contribution in [0.4, 0.5) is 0 Å². The van der Waals surface area contributed by atoms with Gasteiger partial charge in [0.05, 0.1) is 11.4 Å². The highest BCUT2D eigenvalue weighted by atomic mass is 16.5. The zero-order valence-corrected chi connectivity index (χ0v) is 25.5. The van der Waals surface area contributed by atoms with Crippen LogP contribution in [0.15, 0.2) is 108 Å². The fourth-order valence-corrected chi connectivity index (χ4v) is 5.82. The molecule has 45 heavy (non-hydrogen) atoms. The van der Waals surface area contributed by atoms with Gasteiger partial charge in [-0.05, 0) is 60.7 Å². The normalized spacial score (nSPS) is 13.4. The van der Waals surface area contributed by atoms with Crippen molar-refractivity contribution >= 4 is 17.9 Å². The van der Waals surface area contributed by atoms with Crippen molar-refractivity contribution < 1.29 is 14.1 Å². The van der Waals surface area contributed by atoms with Gasteiger partial charge >= 0.3 is 0 Å². The minimum atomic E-state index is -0.723. The number of hydrogen-bond acceptors (Lipinski definition) is 6. The number of rotatable bonds is 9. The molecule has 0 spiro atoms. The molecule has 8 heteroatoms. The van der Waals surface area contributed by atoms with E-state index >= 15 is 0 Å². The molecule has 0 fully saturated rings. The summed E-state index contributed by atoms with van der Waals surface area (Å²) in [6.45, 7) is 5.03. The third-order valence-electron chi connectivity index (χ3n) is 8.31. The first-order valence-corrected chi connectivity index (χ1v) is 15.1. The van der Waals surface area contributed by atoms with Crippen LogP contribution in [0.1, 0.15) is 39.3 Å². The van der Waals surface area contributed by atoms with Crippen LogP contribution in [0.2, 0.25) is 0 Å². The van der Waals surface area contributed by atoms with Crippen molar-refractivity contribution in [3.63, 3.8) is 0 Å². The fraction of sp³-hybridized carbons (Fsp3) is 0.216. The van der Waals surface area contributed by atoms with E-state index in [1.807, 2.05) is 97.6 Å². The summed E-state index contributed by atoms with van der Waals surface area (Å²) in [6.07, 6.45) is 6.07. The van der Waals surface area contributed by atoms with E-state index in [1.165, 1.54) is 11.6 Å². The Labute approximate surface area is 263 Å². The Bertz CT molecular complexity index is 1780. The van der Waals surface area contributed by atoms with Gasteiger partial charge in [-0.25, -0.2) is 0 Å². The number of aryl methyl sites for hydroxylation is 2. The molecule has 0 saturated carbocycles. The molecule has 1 aliphatic rings. The molecule has 226 valence electrons.